The van der Waals surface area contributed by atoms with Crippen LogP contribution in [0.5, 0.6) is 0 Å². The van der Waals surface area contributed by atoms with E-state index in [2.05, 4.69) is 8.75 Å². The molecule has 0 amide bonds. The molecule has 3 heterocycles. The Balaban J connectivity index is 1.11. The number of hydrogen-bond donors (Lipinski definition) is 0. The van der Waals surface area contributed by atoms with E-state index in [9.17, 15) is 19.2 Å². The van der Waals surface area contributed by atoms with E-state index in [0.29, 0.717) is 22.3 Å². The first kappa shape index (κ1) is 25.7. The van der Waals surface area contributed by atoms with Gasteiger partial charge in [0.1, 0.15) is 11.0 Å². The third-order valence-electron chi connectivity index (χ3n) is 7.58. The van der Waals surface area contributed by atoms with Crippen LogP contribution in [0.2, 0.25) is 0 Å². The normalized spacial score (nSPS) is 14.1. The lowest BCUT2D eigenvalue weighted by molar-refractivity contribution is 0.0975. The Hall–Kier alpha value is -4.96. The van der Waals surface area contributed by atoms with Crippen molar-refractivity contribution in [2.24, 2.45) is 0 Å². The number of carbonyl (C=O) groups excluding carboxylic acids is 4. The third kappa shape index (κ3) is 4.04. The largest absolute Gasteiger partial charge is 0.288 e. The van der Waals surface area contributed by atoms with Gasteiger partial charge in [-0.15, -0.1) is 22.7 Å². The average Bonchev–Trinajstić information content (AvgIpc) is 3.87. The summed E-state index contributed by atoms with van der Waals surface area (Å²) in [6.45, 7) is 0. The maximum Gasteiger partial charge on any atom is 0.197 e. The molecule has 8 rings (SSSR count). The molecule has 0 saturated heterocycles. The zero-order valence-electron chi connectivity index (χ0n) is 22.0. The van der Waals surface area contributed by atoms with Gasteiger partial charge in [0, 0.05) is 52.9 Å². The average molecular weight is 613 g/mol. The Morgan fingerprint density at radius 3 is 1.19 bits per heavy atom. The molecule has 0 radical (unpaired) electrons. The molecule has 0 N–H and O–H groups in total. The quantitative estimate of drug-likeness (QED) is 0.148. The summed E-state index contributed by atoms with van der Waals surface area (Å²) >= 11 is 4.09. The molecule has 204 valence electrons. The minimum Gasteiger partial charge on any atom is -0.288 e. The van der Waals surface area contributed by atoms with Crippen molar-refractivity contribution in [3.05, 3.63) is 128 Å². The summed E-state index contributed by atoms with van der Waals surface area (Å²) in [6, 6.07) is 25.5. The topological polar surface area (TPSA) is 94.1 Å². The number of thiophene rings is 2. The highest BCUT2D eigenvalue weighted by Gasteiger charge is 2.33. The van der Waals surface area contributed by atoms with Gasteiger partial charge in [-0.1, -0.05) is 60.7 Å². The molecule has 0 spiro atoms. The molecule has 0 fully saturated rings. The van der Waals surface area contributed by atoms with Gasteiger partial charge in [0.15, 0.2) is 23.1 Å². The smallest absolute Gasteiger partial charge is 0.197 e. The predicted molar refractivity (Wildman–Crippen MR) is 170 cm³/mol. The van der Waals surface area contributed by atoms with Crippen LogP contribution >= 0.6 is 34.4 Å². The number of aromatic nitrogens is 2. The van der Waals surface area contributed by atoms with E-state index in [0.717, 1.165) is 53.4 Å². The number of fused-ring (bicyclic) bond motifs is 3. The molecule has 43 heavy (non-hydrogen) atoms. The van der Waals surface area contributed by atoms with Crippen LogP contribution in [0.1, 0.15) is 51.2 Å². The second kappa shape index (κ2) is 9.81. The maximum atomic E-state index is 12.8. The van der Waals surface area contributed by atoms with E-state index in [1.165, 1.54) is 22.7 Å². The van der Waals surface area contributed by atoms with E-state index >= 15 is 0 Å². The molecule has 2 aliphatic rings. The Bertz CT molecular complexity index is 2050. The highest BCUT2D eigenvalue weighted by atomic mass is 32.1. The van der Waals surface area contributed by atoms with Crippen molar-refractivity contribution in [1.82, 2.24) is 8.75 Å². The van der Waals surface area contributed by atoms with Crippen molar-refractivity contribution < 1.29 is 19.2 Å². The highest BCUT2D eigenvalue weighted by Crippen LogP contribution is 2.41. The molecule has 0 atom stereocenters. The van der Waals surface area contributed by atoms with Gasteiger partial charge < -0.3 is 0 Å². The number of ketones is 4. The van der Waals surface area contributed by atoms with E-state index in [1.807, 2.05) is 36.4 Å². The number of nitrogens with zero attached hydrogens (tertiary/aromatic N) is 2. The fraction of sp³-hybridized carbons (Fsp3) is 0. The second-order valence-corrected chi connectivity index (χ2v) is 12.8. The summed E-state index contributed by atoms with van der Waals surface area (Å²) in [5, 5.41) is 0. The first-order valence-corrected chi connectivity index (χ1v) is 15.6. The monoisotopic (exact) mass is 612 g/mol. The Morgan fingerprint density at radius 2 is 0.814 bits per heavy atom. The van der Waals surface area contributed by atoms with Crippen LogP contribution in [0.3, 0.4) is 0 Å². The zero-order valence-corrected chi connectivity index (χ0v) is 24.4. The maximum absolute atomic E-state index is 12.8. The Kier molecular flexibility index (Phi) is 5.87. The molecular formula is C34H16N2O4S3. The summed E-state index contributed by atoms with van der Waals surface area (Å²) in [5.74, 6) is -0.988. The van der Waals surface area contributed by atoms with Gasteiger partial charge in [-0.05, 0) is 36.4 Å². The fourth-order valence-electron chi connectivity index (χ4n) is 5.51. The first-order chi connectivity index (χ1) is 21.0. The molecular weight excluding hydrogens is 597 g/mol. The molecule has 3 aromatic heterocycles. The minimum atomic E-state index is -0.247. The van der Waals surface area contributed by atoms with Gasteiger partial charge >= 0.3 is 0 Å². The molecule has 0 aliphatic heterocycles. The Labute approximate surface area is 256 Å². The van der Waals surface area contributed by atoms with E-state index in [4.69, 9.17) is 0 Å². The van der Waals surface area contributed by atoms with Crippen molar-refractivity contribution in [3.63, 3.8) is 0 Å². The molecule has 2 aliphatic carbocycles. The summed E-state index contributed by atoms with van der Waals surface area (Å²) in [7, 11) is 0. The van der Waals surface area contributed by atoms with Crippen molar-refractivity contribution in [2.75, 3.05) is 0 Å². The molecule has 0 unspecified atom stereocenters. The molecule has 0 bridgehead atoms. The van der Waals surface area contributed by atoms with Crippen LogP contribution in [0.15, 0.2) is 96.1 Å². The van der Waals surface area contributed by atoms with Crippen molar-refractivity contribution in [3.8, 4) is 20.9 Å². The summed E-state index contributed by atoms with van der Waals surface area (Å²) in [6.07, 6.45) is 3.34. The highest BCUT2D eigenvalue weighted by molar-refractivity contribution is 7.17. The molecule has 6 nitrogen and oxygen atoms in total. The summed E-state index contributed by atoms with van der Waals surface area (Å²) < 4.78 is 9.19. The fourth-order valence-corrected chi connectivity index (χ4v) is 8.03. The lowest BCUT2D eigenvalue weighted by Crippen LogP contribution is -1.99. The van der Waals surface area contributed by atoms with Crippen molar-refractivity contribution >= 4 is 80.7 Å². The lowest BCUT2D eigenvalue weighted by Gasteiger charge is -2.03. The van der Waals surface area contributed by atoms with Crippen LogP contribution in [0, 0.1) is 0 Å². The molecule has 3 aromatic carbocycles. The first-order valence-electron chi connectivity index (χ1n) is 13.2. The van der Waals surface area contributed by atoms with Gasteiger partial charge in [0.2, 0.25) is 0 Å². The van der Waals surface area contributed by atoms with Crippen molar-refractivity contribution in [2.45, 2.75) is 0 Å². The number of carbonyl (C=O) groups is 4. The van der Waals surface area contributed by atoms with Crippen LogP contribution in [-0.2, 0) is 0 Å². The third-order valence-corrected chi connectivity index (χ3v) is 10.2. The lowest BCUT2D eigenvalue weighted by atomic mass is 10.1. The SMILES string of the molecule is O=C1C(=Cc2ccc(-c3ccc(-c4ccc(C=C5C(=O)c6ccccc6C5=O)s4)c4nsnc34)s2)C(=O)c2ccccc21. The van der Waals surface area contributed by atoms with Gasteiger partial charge in [0.05, 0.1) is 22.9 Å². The number of rotatable bonds is 4. The van der Waals surface area contributed by atoms with Gasteiger partial charge in [-0.25, -0.2) is 0 Å². The molecule has 9 heteroatoms. The Morgan fingerprint density at radius 1 is 0.442 bits per heavy atom. The van der Waals surface area contributed by atoms with E-state index in [1.54, 1.807) is 60.7 Å². The second-order valence-electron chi connectivity index (χ2n) is 10.0. The van der Waals surface area contributed by atoms with Crippen molar-refractivity contribution in [1.29, 1.82) is 0 Å². The summed E-state index contributed by atoms with van der Waals surface area (Å²) in [4.78, 5) is 54.9. The zero-order chi connectivity index (χ0) is 29.2. The van der Waals surface area contributed by atoms with Crippen LogP contribution in [-0.4, -0.2) is 31.9 Å². The van der Waals surface area contributed by atoms with Gasteiger partial charge in [-0.2, -0.15) is 8.75 Å². The van der Waals surface area contributed by atoms with E-state index < -0.39 is 0 Å². The molecule has 0 saturated carbocycles. The number of hydrogen-bond acceptors (Lipinski definition) is 9. The van der Waals surface area contributed by atoms with Gasteiger partial charge in [0.25, 0.3) is 0 Å². The summed E-state index contributed by atoms with van der Waals surface area (Å²) in [5.41, 5.74) is 5.48. The molecule has 6 aromatic rings. The van der Waals surface area contributed by atoms with Crippen LogP contribution < -0.4 is 0 Å². The van der Waals surface area contributed by atoms with E-state index in [-0.39, 0.29) is 34.3 Å². The number of Topliss-reactive ketones (excluding diaryl/α,β-unsaturated/α-hetero) is 4. The van der Waals surface area contributed by atoms with Crippen LogP contribution in [0.4, 0.5) is 0 Å². The number of benzene rings is 3. The minimum absolute atomic E-state index is 0.179. The van der Waals surface area contributed by atoms with Gasteiger partial charge in [-0.3, -0.25) is 19.2 Å². The standard InChI is InChI=1S/C34H16N2O4S3/c37-31-19-5-1-2-6-20(19)32(38)25(31)15-17-9-13-27(41-17)23-11-12-24(30-29(23)35-43-36-30)28-14-10-18(42-28)16-26-33(39)21-7-3-4-8-22(21)34(26)40/h1-16H. The predicted octanol–water partition coefficient (Wildman–Crippen LogP) is 8.07. The van der Waals surface area contributed by atoms with Crippen LogP contribution in [0.25, 0.3) is 44.1 Å². The number of allylic oxidation sites excluding steroid dienone is 2.